The Balaban J connectivity index is 1.81. The maximum Gasteiger partial charge on any atom is 0.0586 e. The van der Waals surface area contributed by atoms with E-state index in [1.807, 2.05) is 0 Å². The van der Waals surface area contributed by atoms with Crippen molar-refractivity contribution in [2.75, 3.05) is 19.7 Å². The maximum absolute atomic E-state index is 9.26. The zero-order valence-electron chi connectivity index (χ0n) is 13.1. The predicted octanol–water partition coefficient (Wildman–Crippen LogP) is 4.36. The van der Waals surface area contributed by atoms with E-state index in [1.165, 1.54) is 90.1 Å². The van der Waals surface area contributed by atoms with Crippen molar-refractivity contribution in [2.24, 2.45) is 0 Å². The van der Waals surface area contributed by atoms with E-state index in [0.717, 1.165) is 0 Å². The summed E-state index contributed by atoms with van der Waals surface area (Å²) in [6.45, 7) is 5.06. The van der Waals surface area contributed by atoms with Gasteiger partial charge in [-0.15, -0.1) is 0 Å². The van der Waals surface area contributed by atoms with E-state index < -0.39 is 0 Å². The first-order valence-corrected chi connectivity index (χ1v) is 8.73. The van der Waals surface area contributed by atoms with Crippen molar-refractivity contribution < 1.29 is 5.11 Å². The lowest BCUT2D eigenvalue weighted by Gasteiger charge is -2.22. The van der Waals surface area contributed by atoms with Crippen molar-refractivity contribution in [3.63, 3.8) is 0 Å². The molecule has 0 spiro atoms. The summed E-state index contributed by atoms with van der Waals surface area (Å²) in [6, 6.07) is 0.471. The molecule has 1 atom stereocenters. The van der Waals surface area contributed by atoms with Gasteiger partial charge >= 0.3 is 0 Å². The van der Waals surface area contributed by atoms with E-state index in [-0.39, 0.29) is 0 Å². The molecule has 1 N–H and O–H groups in total. The number of hydrogen-bond donors (Lipinski definition) is 1. The van der Waals surface area contributed by atoms with Crippen LogP contribution in [0.1, 0.15) is 84.0 Å². The average molecular weight is 269 g/mol. The molecule has 1 aliphatic rings. The molecule has 1 fully saturated rings. The van der Waals surface area contributed by atoms with Crippen LogP contribution < -0.4 is 0 Å². The Hall–Kier alpha value is -0.0800. The topological polar surface area (TPSA) is 23.5 Å². The highest BCUT2D eigenvalue weighted by Crippen LogP contribution is 2.17. The third kappa shape index (κ3) is 7.94. The Morgan fingerprint density at radius 3 is 2.05 bits per heavy atom. The van der Waals surface area contributed by atoms with E-state index in [2.05, 4.69) is 11.8 Å². The van der Waals surface area contributed by atoms with E-state index in [4.69, 9.17) is 0 Å². The van der Waals surface area contributed by atoms with Gasteiger partial charge in [-0.2, -0.15) is 0 Å². The monoisotopic (exact) mass is 269 g/mol. The molecule has 19 heavy (non-hydrogen) atoms. The number of unbranched alkanes of at least 4 members (excludes halogenated alkanes) is 9. The minimum absolute atomic E-state index is 0.359. The molecule has 1 rings (SSSR count). The van der Waals surface area contributed by atoms with E-state index in [1.54, 1.807) is 0 Å². The van der Waals surface area contributed by atoms with Crippen molar-refractivity contribution in [1.82, 2.24) is 4.90 Å². The summed E-state index contributed by atoms with van der Waals surface area (Å²) in [5, 5.41) is 9.26. The van der Waals surface area contributed by atoms with Gasteiger partial charge in [0.15, 0.2) is 0 Å². The number of rotatable bonds is 12. The standard InChI is InChI=1S/C17H35NO/c1-2-3-4-5-6-7-8-9-10-11-14-18-15-12-13-17(18)16-19/h17,19H,2-16H2,1H3/t17-/m1/s1. The van der Waals surface area contributed by atoms with Gasteiger partial charge in [0.25, 0.3) is 0 Å². The van der Waals surface area contributed by atoms with Gasteiger partial charge in [0, 0.05) is 6.04 Å². The van der Waals surface area contributed by atoms with Gasteiger partial charge in [-0.3, -0.25) is 4.90 Å². The van der Waals surface area contributed by atoms with Gasteiger partial charge in [-0.05, 0) is 32.4 Å². The molecule has 0 aromatic heterocycles. The van der Waals surface area contributed by atoms with E-state index in [9.17, 15) is 5.11 Å². The molecule has 2 heteroatoms. The van der Waals surface area contributed by atoms with Crippen LogP contribution in [0, 0.1) is 0 Å². The zero-order valence-corrected chi connectivity index (χ0v) is 13.1. The first-order valence-electron chi connectivity index (χ1n) is 8.73. The molecule has 0 aliphatic carbocycles. The molecule has 0 radical (unpaired) electrons. The average Bonchev–Trinajstić information content (AvgIpc) is 2.88. The Bertz CT molecular complexity index is 196. The lowest BCUT2D eigenvalue weighted by atomic mass is 10.1. The third-order valence-corrected chi connectivity index (χ3v) is 4.51. The SMILES string of the molecule is CCCCCCCCCCCCN1CCC[C@@H]1CO. The molecule has 0 aromatic carbocycles. The van der Waals surface area contributed by atoms with Crippen LogP contribution in [0.3, 0.4) is 0 Å². The van der Waals surface area contributed by atoms with Crippen LogP contribution in [0.25, 0.3) is 0 Å². The number of hydrogen-bond acceptors (Lipinski definition) is 2. The highest BCUT2D eigenvalue weighted by Gasteiger charge is 2.22. The third-order valence-electron chi connectivity index (χ3n) is 4.51. The summed E-state index contributed by atoms with van der Waals surface area (Å²) in [7, 11) is 0. The predicted molar refractivity (Wildman–Crippen MR) is 83.5 cm³/mol. The van der Waals surface area contributed by atoms with Crippen LogP contribution in [0.15, 0.2) is 0 Å². The van der Waals surface area contributed by atoms with Crippen molar-refractivity contribution >= 4 is 0 Å². The fraction of sp³-hybridized carbons (Fsp3) is 1.00. The Morgan fingerprint density at radius 1 is 0.895 bits per heavy atom. The molecule has 2 nitrogen and oxygen atoms in total. The van der Waals surface area contributed by atoms with E-state index in [0.29, 0.717) is 12.6 Å². The lowest BCUT2D eigenvalue weighted by molar-refractivity contribution is 0.157. The van der Waals surface area contributed by atoms with Crippen LogP contribution in [0.4, 0.5) is 0 Å². The van der Waals surface area contributed by atoms with Crippen LogP contribution in [-0.2, 0) is 0 Å². The number of aliphatic hydroxyl groups excluding tert-OH is 1. The van der Waals surface area contributed by atoms with Gasteiger partial charge in [0.2, 0.25) is 0 Å². The largest absolute Gasteiger partial charge is 0.395 e. The maximum atomic E-state index is 9.26. The van der Waals surface area contributed by atoms with Gasteiger partial charge in [-0.25, -0.2) is 0 Å². The molecular formula is C17H35NO. The first-order chi connectivity index (χ1) is 9.38. The van der Waals surface area contributed by atoms with Gasteiger partial charge in [0.05, 0.1) is 6.61 Å². The summed E-state index contributed by atoms with van der Waals surface area (Å²) in [4.78, 5) is 2.49. The van der Waals surface area contributed by atoms with E-state index >= 15 is 0 Å². The molecule has 0 unspecified atom stereocenters. The van der Waals surface area contributed by atoms with Gasteiger partial charge < -0.3 is 5.11 Å². The number of nitrogens with zero attached hydrogens (tertiary/aromatic N) is 1. The second-order valence-electron chi connectivity index (χ2n) is 6.20. The molecule has 0 saturated carbocycles. The summed E-state index contributed by atoms with van der Waals surface area (Å²) < 4.78 is 0. The molecule has 0 amide bonds. The van der Waals surface area contributed by atoms with Gasteiger partial charge in [0.1, 0.15) is 0 Å². The molecule has 0 aromatic rings. The van der Waals surface area contributed by atoms with Crippen molar-refractivity contribution in [2.45, 2.75) is 90.0 Å². The Labute approximate surface area is 120 Å². The molecule has 0 bridgehead atoms. The zero-order chi connectivity index (χ0) is 13.8. The summed E-state index contributed by atoms with van der Waals surface area (Å²) in [5.41, 5.74) is 0. The molecular weight excluding hydrogens is 234 g/mol. The second kappa shape index (κ2) is 11.7. The van der Waals surface area contributed by atoms with Crippen molar-refractivity contribution in [3.05, 3.63) is 0 Å². The van der Waals surface area contributed by atoms with Gasteiger partial charge in [-0.1, -0.05) is 64.7 Å². The van der Waals surface area contributed by atoms with Crippen LogP contribution in [0.2, 0.25) is 0 Å². The van der Waals surface area contributed by atoms with Crippen LogP contribution in [-0.4, -0.2) is 35.7 Å². The molecule has 114 valence electrons. The fourth-order valence-electron chi connectivity index (χ4n) is 3.20. The lowest BCUT2D eigenvalue weighted by Crippen LogP contribution is -2.32. The smallest absolute Gasteiger partial charge is 0.0586 e. The summed E-state index contributed by atoms with van der Waals surface area (Å²) >= 11 is 0. The number of aliphatic hydroxyl groups is 1. The highest BCUT2D eigenvalue weighted by atomic mass is 16.3. The second-order valence-corrected chi connectivity index (χ2v) is 6.20. The fourth-order valence-corrected chi connectivity index (χ4v) is 3.20. The van der Waals surface area contributed by atoms with Crippen LogP contribution in [0.5, 0.6) is 0 Å². The molecule has 1 heterocycles. The van der Waals surface area contributed by atoms with Crippen molar-refractivity contribution in [3.8, 4) is 0 Å². The van der Waals surface area contributed by atoms with Crippen LogP contribution >= 0.6 is 0 Å². The quantitative estimate of drug-likeness (QED) is 0.532. The molecule has 1 saturated heterocycles. The summed E-state index contributed by atoms with van der Waals surface area (Å²) in [6.07, 6.45) is 16.6. The Kier molecular flexibility index (Phi) is 10.5. The normalized spacial score (nSPS) is 20.2. The van der Waals surface area contributed by atoms with Crippen molar-refractivity contribution in [1.29, 1.82) is 0 Å². The minimum Gasteiger partial charge on any atom is -0.395 e. The number of likely N-dealkylation sites (tertiary alicyclic amines) is 1. The summed E-state index contributed by atoms with van der Waals surface area (Å²) in [5.74, 6) is 0. The first kappa shape index (κ1) is 17.0. The minimum atomic E-state index is 0.359. The Morgan fingerprint density at radius 2 is 1.47 bits per heavy atom. The highest BCUT2D eigenvalue weighted by molar-refractivity contribution is 4.77. The molecule has 1 aliphatic heterocycles.